The van der Waals surface area contributed by atoms with Crippen LogP contribution in [-0.2, 0) is 4.79 Å². The Bertz CT molecular complexity index is 787. The fourth-order valence-electron chi connectivity index (χ4n) is 2.45. The van der Waals surface area contributed by atoms with Crippen LogP contribution in [0.1, 0.15) is 24.1 Å². The molecular formula is C18H15NO2S2. The van der Waals surface area contributed by atoms with E-state index in [0.29, 0.717) is 14.8 Å². The monoisotopic (exact) mass is 341 g/mol. The normalized spacial score (nSPS) is 17.8. The van der Waals surface area contributed by atoms with Crippen LogP contribution in [0, 0.1) is 0 Å². The quantitative estimate of drug-likeness (QED) is 0.665. The number of phenolic OH excluding ortho intramolecular Hbond substituents is 1. The van der Waals surface area contributed by atoms with E-state index in [-0.39, 0.29) is 17.7 Å². The number of phenols is 1. The maximum absolute atomic E-state index is 12.7. The molecule has 0 aromatic heterocycles. The van der Waals surface area contributed by atoms with Gasteiger partial charge in [-0.3, -0.25) is 9.69 Å². The molecule has 116 valence electrons. The summed E-state index contributed by atoms with van der Waals surface area (Å²) in [6, 6.07) is 16.6. The third-order valence-corrected chi connectivity index (χ3v) is 5.05. The summed E-state index contributed by atoms with van der Waals surface area (Å²) < 4.78 is 0.535. The molecule has 1 aliphatic rings. The van der Waals surface area contributed by atoms with Crippen molar-refractivity contribution in [3.8, 4) is 5.75 Å². The van der Waals surface area contributed by atoms with Crippen molar-refractivity contribution in [2.24, 2.45) is 0 Å². The molecule has 23 heavy (non-hydrogen) atoms. The molecule has 1 atom stereocenters. The lowest BCUT2D eigenvalue weighted by Crippen LogP contribution is -2.30. The molecule has 3 nitrogen and oxygen atoms in total. The number of amides is 1. The first-order chi connectivity index (χ1) is 11.1. The van der Waals surface area contributed by atoms with E-state index >= 15 is 0 Å². The Balaban J connectivity index is 1.90. The van der Waals surface area contributed by atoms with Gasteiger partial charge < -0.3 is 5.11 Å². The first kappa shape index (κ1) is 15.8. The summed E-state index contributed by atoms with van der Waals surface area (Å²) in [5.41, 5.74) is 1.65. The van der Waals surface area contributed by atoms with Crippen molar-refractivity contribution < 1.29 is 9.90 Å². The van der Waals surface area contributed by atoms with Crippen LogP contribution in [0.15, 0.2) is 59.5 Å². The Morgan fingerprint density at radius 1 is 1.13 bits per heavy atom. The molecule has 2 aromatic carbocycles. The van der Waals surface area contributed by atoms with Crippen LogP contribution in [0.25, 0.3) is 6.08 Å². The van der Waals surface area contributed by atoms with Gasteiger partial charge in [0.2, 0.25) is 0 Å². The molecule has 1 N–H and O–H groups in total. The van der Waals surface area contributed by atoms with Gasteiger partial charge in [-0.05, 0) is 24.6 Å². The van der Waals surface area contributed by atoms with E-state index in [9.17, 15) is 9.90 Å². The van der Waals surface area contributed by atoms with Crippen LogP contribution in [-0.4, -0.2) is 20.2 Å². The Morgan fingerprint density at radius 2 is 1.78 bits per heavy atom. The van der Waals surface area contributed by atoms with Crippen LogP contribution in [0.2, 0.25) is 0 Å². The van der Waals surface area contributed by atoms with Gasteiger partial charge in [-0.25, -0.2) is 0 Å². The average molecular weight is 341 g/mol. The van der Waals surface area contributed by atoms with E-state index in [1.807, 2.05) is 43.3 Å². The number of benzene rings is 2. The fourth-order valence-corrected chi connectivity index (χ4v) is 3.85. The van der Waals surface area contributed by atoms with Crippen molar-refractivity contribution in [3.05, 3.63) is 70.6 Å². The van der Waals surface area contributed by atoms with Crippen LogP contribution >= 0.6 is 24.0 Å². The maximum atomic E-state index is 12.7. The number of rotatable bonds is 3. The SMILES string of the molecule is C[C@@H](c1ccccc1)N1C(=O)/C(=C/c2ccccc2O)SC1=S. The lowest BCUT2D eigenvalue weighted by molar-refractivity contribution is -0.123. The topological polar surface area (TPSA) is 40.5 Å². The predicted molar refractivity (Wildman–Crippen MR) is 98.0 cm³/mol. The van der Waals surface area contributed by atoms with Crippen molar-refractivity contribution >= 4 is 40.3 Å². The number of para-hydroxylation sites is 1. The standard InChI is InChI=1S/C18H15NO2S2/c1-12(13-7-3-2-4-8-13)19-17(21)16(23-18(19)22)11-14-9-5-6-10-15(14)20/h2-12,20H,1H3/b16-11-/t12-/m0/s1. The number of hydrogen-bond donors (Lipinski definition) is 1. The zero-order valence-electron chi connectivity index (χ0n) is 12.5. The number of carbonyl (C=O) groups is 1. The van der Waals surface area contributed by atoms with E-state index in [1.165, 1.54) is 11.8 Å². The molecule has 0 bridgehead atoms. The molecule has 0 unspecified atom stereocenters. The van der Waals surface area contributed by atoms with Crippen molar-refractivity contribution in [2.75, 3.05) is 0 Å². The zero-order chi connectivity index (χ0) is 16.4. The molecule has 2 aromatic rings. The Kier molecular flexibility index (Phi) is 4.50. The van der Waals surface area contributed by atoms with Crippen LogP contribution in [0.3, 0.4) is 0 Å². The Hall–Kier alpha value is -2.11. The van der Waals surface area contributed by atoms with Gasteiger partial charge >= 0.3 is 0 Å². The zero-order valence-corrected chi connectivity index (χ0v) is 14.1. The predicted octanol–water partition coefficient (Wildman–Crippen LogP) is 4.35. The van der Waals surface area contributed by atoms with Crippen LogP contribution in [0.4, 0.5) is 0 Å². The van der Waals surface area contributed by atoms with Gasteiger partial charge in [0, 0.05) is 5.56 Å². The molecule has 0 radical (unpaired) electrons. The number of hydrogen-bond acceptors (Lipinski definition) is 4. The second-order valence-electron chi connectivity index (χ2n) is 5.20. The second kappa shape index (κ2) is 6.56. The summed E-state index contributed by atoms with van der Waals surface area (Å²) in [6.45, 7) is 1.96. The molecule has 5 heteroatoms. The van der Waals surface area contributed by atoms with Crippen molar-refractivity contribution in [1.82, 2.24) is 4.90 Å². The Labute approximate surface area is 144 Å². The second-order valence-corrected chi connectivity index (χ2v) is 6.87. The first-order valence-electron chi connectivity index (χ1n) is 7.18. The van der Waals surface area contributed by atoms with Crippen molar-refractivity contribution in [3.63, 3.8) is 0 Å². The highest BCUT2D eigenvalue weighted by Crippen LogP contribution is 2.38. The minimum atomic E-state index is -0.126. The summed E-state index contributed by atoms with van der Waals surface area (Å²) in [5, 5.41) is 9.86. The Morgan fingerprint density at radius 3 is 2.48 bits per heavy atom. The van der Waals surface area contributed by atoms with Crippen molar-refractivity contribution in [1.29, 1.82) is 0 Å². The van der Waals surface area contributed by atoms with Gasteiger partial charge in [-0.15, -0.1) is 0 Å². The molecule has 0 spiro atoms. The lowest BCUT2D eigenvalue weighted by Gasteiger charge is -2.23. The molecule has 1 fully saturated rings. The fraction of sp³-hybridized carbons (Fsp3) is 0.111. The minimum absolute atomic E-state index is 0.125. The largest absolute Gasteiger partial charge is 0.507 e. The average Bonchev–Trinajstić information content (AvgIpc) is 2.84. The highest BCUT2D eigenvalue weighted by molar-refractivity contribution is 8.26. The molecule has 3 rings (SSSR count). The van der Waals surface area contributed by atoms with Gasteiger partial charge in [-0.2, -0.15) is 0 Å². The summed E-state index contributed by atoms with van der Waals surface area (Å²) in [7, 11) is 0. The highest BCUT2D eigenvalue weighted by atomic mass is 32.2. The van der Waals surface area contributed by atoms with Gasteiger partial charge in [0.25, 0.3) is 5.91 Å². The van der Waals surface area contributed by atoms with Gasteiger partial charge in [0.15, 0.2) is 0 Å². The number of thiocarbonyl (C=S) groups is 1. The number of carbonyl (C=O) groups excluding carboxylic acids is 1. The van der Waals surface area contributed by atoms with Gasteiger partial charge in [0.1, 0.15) is 10.1 Å². The molecule has 1 saturated heterocycles. The van der Waals surface area contributed by atoms with E-state index in [4.69, 9.17) is 12.2 Å². The number of aromatic hydroxyl groups is 1. The van der Waals surface area contributed by atoms with Crippen LogP contribution < -0.4 is 0 Å². The van der Waals surface area contributed by atoms with Crippen molar-refractivity contribution in [2.45, 2.75) is 13.0 Å². The summed E-state index contributed by atoms with van der Waals surface area (Å²) in [5.74, 6) is 0.0217. The summed E-state index contributed by atoms with van der Waals surface area (Å²) in [6.07, 6.45) is 1.69. The molecule has 1 heterocycles. The smallest absolute Gasteiger partial charge is 0.266 e. The molecule has 1 amide bonds. The van der Waals surface area contributed by atoms with Crippen LogP contribution in [0.5, 0.6) is 5.75 Å². The van der Waals surface area contributed by atoms with E-state index < -0.39 is 0 Å². The van der Waals surface area contributed by atoms with Gasteiger partial charge in [0.05, 0.1) is 10.9 Å². The highest BCUT2D eigenvalue weighted by Gasteiger charge is 2.35. The minimum Gasteiger partial charge on any atom is -0.507 e. The summed E-state index contributed by atoms with van der Waals surface area (Å²) in [4.78, 5) is 14.9. The number of thioether (sulfide) groups is 1. The molecular weight excluding hydrogens is 326 g/mol. The number of nitrogens with zero attached hydrogens (tertiary/aromatic N) is 1. The van der Waals surface area contributed by atoms with E-state index in [0.717, 1.165) is 5.56 Å². The third kappa shape index (κ3) is 3.16. The molecule has 1 aliphatic heterocycles. The molecule has 0 aliphatic carbocycles. The third-order valence-electron chi connectivity index (χ3n) is 3.72. The summed E-state index contributed by atoms with van der Waals surface area (Å²) >= 11 is 6.65. The van der Waals surface area contributed by atoms with E-state index in [2.05, 4.69) is 0 Å². The van der Waals surface area contributed by atoms with E-state index in [1.54, 1.807) is 29.2 Å². The van der Waals surface area contributed by atoms with Gasteiger partial charge in [-0.1, -0.05) is 72.5 Å². The first-order valence-corrected chi connectivity index (χ1v) is 8.40. The maximum Gasteiger partial charge on any atom is 0.266 e. The molecule has 0 saturated carbocycles. The lowest BCUT2D eigenvalue weighted by atomic mass is 10.1.